The number of allylic oxidation sites excluding steroid dienone is 1. The van der Waals surface area contributed by atoms with Gasteiger partial charge < -0.3 is 76.5 Å². The van der Waals surface area contributed by atoms with Crippen molar-refractivity contribution in [3.05, 3.63) is 46.5 Å². The van der Waals surface area contributed by atoms with Crippen LogP contribution in [-0.2, 0) is 50.7 Å². The maximum atomic E-state index is 8.80. The van der Waals surface area contributed by atoms with Gasteiger partial charge in [0, 0.05) is 12.0 Å². The van der Waals surface area contributed by atoms with E-state index in [9.17, 15) is 0 Å². The Bertz CT molecular complexity index is 1420. The molecule has 0 aliphatic rings. The number of hydrogen-bond donors (Lipinski definition) is 2. The van der Waals surface area contributed by atoms with Crippen molar-refractivity contribution in [1.82, 2.24) is 0 Å². The molecule has 0 atom stereocenters. The summed E-state index contributed by atoms with van der Waals surface area (Å²) in [6.45, 7) is 5.73. The van der Waals surface area contributed by atoms with Crippen LogP contribution >= 0.6 is 0 Å². The highest BCUT2D eigenvalue weighted by atomic mass is 16.6. The molecule has 58 heavy (non-hydrogen) atoms. The maximum absolute atomic E-state index is 8.80. The number of benzene rings is 2. The quantitative estimate of drug-likeness (QED) is 0.0768. The zero-order valence-corrected chi connectivity index (χ0v) is 35.1. The topological polar surface area (TPSA) is 170 Å². The zero-order valence-electron chi connectivity index (χ0n) is 35.1. The molecule has 0 bridgehead atoms. The first-order valence-electron chi connectivity index (χ1n) is 19.1. The zero-order chi connectivity index (χ0) is 42.1. The van der Waals surface area contributed by atoms with Crippen LogP contribution in [0.4, 0.5) is 0 Å². The first kappa shape index (κ1) is 50.3. The summed E-state index contributed by atoms with van der Waals surface area (Å²) < 4.78 is 78.4. The van der Waals surface area contributed by atoms with E-state index in [4.69, 9.17) is 76.5 Å². The molecule has 0 radical (unpaired) electrons. The number of rotatable bonds is 35. The van der Waals surface area contributed by atoms with Crippen molar-refractivity contribution in [2.75, 3.05) is 162 Å². The molecule has 2 aromatic carbocycles. The lowest BCUT2D eigenvalue weighted by Gasteiger charge is -2.18. The molecular formula is C42H64O16. The van der Waals surface area contributed by atoms with E-state index in [0.717, 1.165) is 22.3 Å². The Morgan fingerprint density at radius 1 is 0.431 bits per heavy atom. The molecule has 2 rings (SSSR count). The highest BCUT2D eigenvalue weighted by Crippen LogP contribution is 2.40. The molecule has 0 aliphatic carbocycles. The second kappa shape index (κ2) is 33.0. The first-order chi connectivity index (χ1) is 28.5. The van der Waals surface area contributed by atoms with Crippen LogP contribution in [0.15, 0.2) is 35.4 Å². The average Bonchev–Trinajstić information content (AvgIpc) is 3.25. The second-order valence-corrected chi connectivity index (χ2v) is 12.0. The predicted molar refractivity (Wildman–Crippen MR) is 215 cm³/mol. The summed E-state index contributed by atoms with van der Waals surface area (Å²) in [4.78, 5) is 0. The van der Waals surface area contributed by atoms with Crippen LogP contribution in [0.1, 0.15) is 11.1 Å². The molecule has 16 nitrogen and oxygen atoms in total. The number of aliphatic hydroxyl groups is 2. The summed E-state index contributed by atoms with van der Waals surface area (Å²) in [6.07, 6.45) is 0.860. The summed E-state index contributed by atoms with van der Waals surface area (Å²) in [7, 11) is 9.44. The van der Waals surface area contributed by atoms with Gasteiger partial charge in [0.25, 0.3) is 0 Å². The SMILES string of the molecule is COc1cc(C/C(C#CCOCCOCCOCCOCCO)=C(\COCCOCCOCCOCCO)Cc2cc(OC)c(OC)c(OC)c2)cc(OC)c1OC. The molecule has 0 aromatic heterocycles. The molecule has 2 aromatic rings. The number of aliphatic hydroxyl groups excluding tert-OH is 2. The van der Waals surface area contributed by atoms with Gasteiger partial charge >= 0.3 is 0 Å². The van der Waals surface area contributed by atoms with E-state index in [1.807, 2.05) is 24.3 Å². The molecule has 0 amide bonds. The maximum Gasteiger partial charge on any atom is 0.203 e. The lowest BCUT2D eigenvalue weighted by atomic mass is 9.95. The normalized spacial score (nSPS) is 11.4. The van der Waals surface area contributed by atoms with Crippen molar-refractivity contribution < 1.29 is 76.5 Å². The molecule has 16 heteroatoms. The van der Waals surface area contributed by atoms with Crippen LogP contribution in [0.25, 0.3) is 0 Å². The van der Waals surface area contributed by atoms with Crippen LogP contribution in [0.3, 0.4) is 0 Å². The van der Waals surface area contributed by atoms with E-state index >= 15 is 0 Å². The lowest BCUT2D eigenvalue weighted by molar-refractivity contribution is -0.00378. The minimum Gasteiger partial charge on any atom is -0.493 e. The van der Waals surface area contributed by atoms with Crippen molar-refractivity contribution >= 4 is 0 Å². The Balaban J connectivity index is 2.29. The molecular weight excluding hydrogens is 760 g/mol. The van der Waals surface area contributed by atoms with Crippen LogP contribution in [0.5, 0.6) is 34.5 Å². The number of ether oxygens (including phenoxy) is 14. The van der Waals surface area contributed by atoms with Gasteiger partial charge in [-0.2, -0.15) is 0 Å². The van der Waals surface area contributed by atoms with Gasteiger partial charge in [0.15, 0.2) is 23.0 Å². The van der Waals surface area contributed by atoms with E-state index in [2.05, 4.69) is 11.8 Å². The minimum atomic E-state index is -0.0186. The Hall–Kier alpha value is -3.86. The average molecular weight is 825 g/mol. The van der Waals surface area contributed by atoms with Crippen molar-refractivity contribution in [3.8, 4) is 46.3 Å². The van der Waals surface area contributed by atoms with Crippen molar-refractivity contribution in [2.45, 2.75) is 12.8 Å². The fourth-order valence-corrected chi connectivity index (χ4v) is 5.34. The minimum absolute atomic E-state index is 0.0118. The lowest BCUT2D eigenvalue weighted by Crippen LogP contribution is -2.14. The largest absolute Gasteiger partial charge is 0.493 e. The highest BCUT2D eigenvalue weighted by molar-refractivity contribution is 5.56. The van der Waals surface area contributed by atoms with Gasteiger partial charge in [0.05, 0.1) is 155 Å². The third-order valence-electron chi connectivity index (χ3n) is 8.07. The Morgan fingerprint density at radius 3 is 1.14 bits per heavy atom. The monoisotopic (exact) mass is 824 g/mol. The molecule has 2 N–H and O–H groups in total. The van der Waals surface area contributed by atoms with E-state index in [0.29, 0.717) is 133 Å². The third kappa shape index (κ3) is 20.2. The van der Waals surface area contributed by atoms with E-state index in [1.165, 1.54) is 0 Å². The Labute approximate surface area is 343 Å². The summed E-state index contributed by atoms with van der Waals surface area (Å²) in [5, 5.41) is 17.6. The van der Waals surface area contributed by atoms with E-state index in [-0.39, 0.29) is 33.0 Å². The first-order valence-corrected chi connectivity index (χ1v) is 19.1. The van der Waals surface area contributed by atoms with Crippen LogP contribution < -0.4 is 28.4 Å². The fourth-order valence-electron chi connectivity index (χ4n) is 5.34. The molecule has 0 heterocycles. The number of methoxy groups -OCH3 is 6. The molecule has 0 saturated heterocycles. The summed E-state index contributed by atoms with van der Waals surface area (Å²) in [5.41, 5.74) is 3.49. The fraction of sp³-hybridized carbons (Fsp3) is 0.619. The van der Waals surface area contributed by atoms with Gasteiger partial charge in [0.1, 0.15) is 6.61 Å². The predicted octanol–water partition coefficient (Wildman–Crippen LogP) is 2.94. The van der Waals surface area contributed by atoms with Gasteiger partial charge in [-0.05, 0) is 47.4 Å². The van der Waals surface area contributed by atoms with Gasteiger partial charge in [-0.3, -0.25) is 0 Å². The van der Waals surface area contributed by atoms with Crippen molar-refractivity contribution in [3.63, 3.8) is 0 Å². The molecule has 0 saturated carbocycles. The third-order valence-corrected chi connectivity index (χ3v) is 8.07. The van der Waals surface area contributed by atoms with Crippen LogP contribution in [-0.4, -0.2) is 172 Å². The van der Waals surface area contributed by atoms with E-state index < -0.39 is 0 Å². The van der Waals surface area contributed by atoms with Gasteiger partial charge in [0.2, 0.25) is 11.5 Å². The van der Waals surface area contributed by atoms with E-state index in [1.54, 1.807) is 42.7 Å². The number of hydrogen-bond acceptors (Lipinski definition) is 16. The van der Waals surface area contributed by atoms with Gasteiger partial charge in [-0.25, -0.2) is 0 Å². The summed E-state index contributed by atoms with van der Waals surface area (Å²) in [6, 6.07) is 7.61. The Morgan fingerprint density at radius 2 is 0.776 bits per heavy atom. The summed E-state index contributed by atoms with van der Waals surface area (Å²) >= 11 is 0. The molecule has 0 spiro atoms. The smallest absolute Gasteiger partial charge is 0.203 e. The Kier molecular flexibility index (Phi) is 28.6. The summed E-state index contributed by atoms with van der Waals surface area (Å²) in [5.74, 6) is 9.63. The second-order valence-electron chi connectivity index (χ2n) is 12.0. The highest BCUT2D eigenvalue weighted by Gasteiger charge is 2.18. The standard InChI is InChI=1S/C42H64O16/c1-45-37-28-33(29-38(46-2)41(37)49-5)26-35(8-7-11-51-14-17-54-20-21-55-18-15-52-12-9-43)36(27-34-30-39(47-3)42(50-6)40(31-34)48-4)32-58-25-24-57-23-22-56-19-16-53-13-10-44/h28-31,43-44H,9-27,32H2,1-6H3/b36-35-. The van der Waals surface area contributed by atoms with Crippen LogP contribution in [0.2, 0.25) is 0 Å². The van der Waals surface area contributed by atoms with Gasteiger partial charge in [-0.1, -0.05) is 11.8 Å². The van der Waals surface area contributed by atoms with Crippen molar-refractivity contribution in [2.24, 2.45) is 0 Å². The molecule has 0 aliphatic heterocycles. The van der Waals surface area contributed by atoms with Crippen LogP contribution in [0, 0.1) is 11.8 Å². The molecule has 328 valence electrons. The molecule has 0 unspecified atom stereocenters. The van der Waals surface area contributed by atoms with Gasteiger partial charge in [-0.15, -0.1) is 0 Å². The molecule has 0 fully saturated rings. The van der Waals surface area contributed by atoms with Crippen molar-refractivity contribution in [1.29, 1.82) is 0 Å².